The zero-order valence-corrected chi connectivity index (χ0v) is 17.4. The number of para-hydroxylation sites is 1. The minimum absolute atomic E-state index is 0.141. The fourth-order valence-corrected chi connectivity index (χ4v) is 3.41. The molecule has 29 heavy (non-hydrogen) atoms. The van der Waals surface area contributed by atoms with E-state index in [-0.39, 0.29) is 11.8 Å². The Hall–Kier alpha value is -3.02. The van der Waals surface area contributed by atoms with Gasteiger partial charge in [-0.05, 0) is 36.1 Å². The molecule has 0 fully saturated rings. The van der Waals surface area contributed by atoms with Crippen LogP contribution < -0.4 is 19.7 Å². The summed E-state index contributed by atoms with van der Waals surface area (Å²) in [4.78, 5) is 26.2. The number of hydrogen-bond donors (Lipinski definition) is 1. The third-order valence-corrected chi connectivity index (χ3v) is 4.92. The molecule has 154 valence electrons. The van der Waals surface area contributed by atoms with Gasteiger partial charge in [0.05, 0.1) is 20.3 Å². The third-order valence-electron chi connectivity index (χ3n) is 4.92. The van der Waals surface area contributed by atoms with Crippen LogP contribution in [0.1, 0.15) is 44.4 Å². The standard InChI is InChI=1S/C23H28N2O4/c1-15(2)11-12-29-20-10-9-17(13-21(20)28-4)14-25-19-8-6-5-7-18(19)22(23(25)27)24-16(3)26/h5-10,13,15,22H,11-12,14H2,1-4H3,(H,24,26)/t22-/m1/s1. The third kappa shape index (κ3) is 4.70. The van der Waals surface area contributed by atoms with Crippen molar-refractivity contribution in [1.82, 2.24) is 5.32 Å². The fraction of sp³-hybridized carbons (Fsp3) is 0.391. The Morgan fingerprint density at radius 2 is 1.93 bits per heavy atom. The molecule has 0 radical (unpaired) electrons. The van der Waals surface area contributed by atoms with E-state index in [1.54, 1.807) is 12.0 Å². The highest BCUT2D eigenvalue weighted by Crippen LogP contribution is 2.37. The van der Waals surface area contributed by atoms with Crippen LogP contribution in [0, 0.1) is 5.92 Å². The van der Waals surface area contributed by atoms with Crippen molar-refractivity contribution in [2.45, 2.75) is 39.8 Å². The van der Waals surface area contributed by atoms with Crippen molar-refractivity contribution in [2.75, 3.05) is 18.6 Å². The molecule has 2 aromatic carbocycles. The van der Waals surface area contributed by atoms with Gasteiger partial charge in [0.25, 0.3) is 5.91 Å². The Balaban J connectivity index is 1.80. The van der Waals surface area contributed by atoms with E-state index < -0.39 is 6.04 Å². The molecule has 6 heteroatoms. The van der Waals surface area contributed by atoms with E-state index in [4.69, 9.17) is 9.47 Å². The van der Waals surface area contributed by atoms with Gasteiger partial charge in [-0.2, -0.15) is 0 Å². The van der Waals surface area contributed by atoms with Gasteiger partial charge < -0.3 is 19.7 Å². The quantitative estimate of drug-likeness (QED) is 0.736. The molecule has 2 amide bonds. The van der Waals surface area contributed by atoms with Gasteiger partial charge in [-0.15, -0.1) is 0 Å². The zero-order chi connectivity index (χ0) is 21.0. The van der Waals surface area contributed by atoms with E-state index in [0.717, 1.165) is 23.2 Å². The van der Waals surface area contributed by atoms with Gasteiger partial charge in [0.15, 0.2) is 11.5 Å². The van der Waals surface area contributed by atoms with Crippen LogP contribution in [0.25, 0.3) is 0 Å². The second-order valence-corrected chi connectivity index (χ2v) is 7.63. The molecular weight excluding hydrogens is 368 g/mol. The van der Waals surface area contributed by atoms with Crippen molar-refractivity contribution in [1.29, 1.82) is 0 Å². The summed E-state index contributed by atoms with van der Waals surface area (Å²) in [6, 6.07) is 12.6. The molecule has 0 unspecified atom stereocenters. The van der Waals surface area contributed by atoms with Gasteiger partial charge >= 0.3 is 0 Å². The number of rotatable bonds is 8. The van der Waals surface area contributed by atoms with Crippen molar-refractivity contribution in [3.8, 4) is 11.5 Å². The van der Waals surface area contributed by atoms with Crippen LogP contribution >= 0.6 is 0 Å². The largest absolute Gasteiger partial charge is 0.493 e. The van der Waals surface area contributed by atoms with Gasteiger partial charge in [0.2, 0.25) is 5.91 Å². The van der Waals surface area contributed by atoms with E-state index >= 15 is 0 Å². The van der Waals surface area contributed by atoms with Crippen LogP contribution in [0.3, 0.4) is 0 Å². The second kappa shape index (κ2) is 8.99. The van der Waals surface area contributed by atoms with E-state index in [9.17, 15) is 9.59 Å². The van der Waals surface area contributed by atoms with Crippen molar-refractivity contribution < 1.29 is 19.1 Å². The number of benzene rings is 2. The van der Waals surface area contributed by atoms with Crippen LogP contribution in [0.2, 0.25) is 0 Å². The maximum atomic E-state index is 13.0. The number of ether oxygens (including phenoxy) is 2. The number of anilines is 1. The van der Waals surface area contributed by atoms with Gasteiger partial charge in [-0.1, -0.05) is 38.1 Å². The molecule has 1 aliphatic rings. The first kappa shape index (κ1) is 20.7. The molecule has 3 rings (SSSR count). The maximum Gasteiger partial charge on any atom is 0.254 e. The normalized spacial score (nSPS) is 15.4. The Bertz CT molecular complexity index is 894. The van der Waals surface area contributed by atoms with E-state index in [2.05, 4.69) is 19.2 Å². The molecule has 0 saturated heterocycles. The predicted octanol–water partition coefficient (Wildman–Crippen LogP) is 3.84. The molecule has 2 aromatic rings. The SMILES string of the molecule is COc1cc(CN2C(=O)[C@H](NC(C)=O)c3ccccc32)ccc1OCCC(C)C. The smallest absolute Gasteiger partial charge is 0.254 e. The minimum Gasteiger partial charge on any atom is -0.493 e. The summed E-state index contributed by atoms with van der Waals surface area (Å²) in [5, 5.41) is 2.75. The summed E-state index contributed by atoms with van der Waals surface area (Å²) >= 11 is 0. The molecule has 1 heterocycles. The molecule has 1 N–H and O–H groups in total. The van der Waals surface area contributed by atoms with Crippen LogP contribution in [0.5, 0.6) is 11.5 Å². The van der Waals surface area contributed by atoms with Gasteiger partial charge in [-0.25, -0.2) is 0 Å². The van der Waals surface area contributed by atoms with Gasteiger partial charge in [0.1, 0.15) is 6.04 Å². The predicted molar refractivity (Wildman–Crippen MR) is 112 cm³/mol. The second-order valence-electron chi connectivity index (χ2n) is 7.63. The molecular formula is C23H28N2O4. The number of amides is 2. The van der Waals surface area contributed by atoms with Crippen LogP contribution in [0.15, 0.2) is 42.5 Å². The van der Waals surface area contributed by atoms with Crippen molar-refractivity contribution >= 4 is 17.5 Å². The van der Waals surface area contributed by atoms with Crippen LogP contribution in [-0.2, 0) is 16.1 Å². The van der Waals surface area contributed by atoms with Crippen LogP contribution in [0.4, 0.5) is 5.69 Å². The number of nitrogens with one attached hydrogen (secondary N) is 1. The summed E-state index contributed by atoms with van der Waals surface area (Å²) in [6.45, 7) is 6.74. The molecule has 0 aromatic heterocycles. The first-order valence-electron chi connectivity index (χ1n) is 9.87. The minimum atomic E-state index is -0.649. The molecule has 0 aliphatic carbocycles. The molecule has 0 spiro atoms. The summed E-state index contributed by atoms with van der Waals surface area (Å²) < 4.78 is 11.3. The Morgan fingerprint density at radius 1 is 1.17 bits per heavy atom. The lowest BCUT2D eigenvalue weighted by atomic mass is 10.1. The maximum absolute atomic E-state index is 13.0. The Labute approximate surface area is 171 Å². The van der Waals surface area contributed by atoms with Crippen molar-refractivity contribution in [2.24, 2.45) is 5.92 Å². The number of fused-ring (bicyclic) bond motifs is 1. The average Bonchev–Trinajstić information content (AvgIpc) is 2.94. The molecule has 6 nitrogen and oxygen atoms in total. The lowest BCUT2D eigenvalue weighted by molar-refractivity contribution is -0.126. The first-order valence-corrected chi connectivity index (χ1v) is 9.87. The lowest BCUT2D eigenvalue weighted by Crippen LogP contribution is -2.36. The summed E-state index contributed by atoms with van der Waals surface area (Å²) in [7, 11) is 1.61. The van der Waals surface area contributed by atoms with E-state index in [0.29, 0.717) is 30.6 Å². The molecule has 1 aliphatic heterocycles. The molecule has 0 saturated carbocycles. The Morgan fingerprint density at radius 3 is 2.62 bits per heavy atom. The summed E-state index contributed by atoms with van der Waals surface area (Å²) in [5.74, 6) is 1.53. The number of hydrogen-bond acceptors (Lipinski definition) is 4. The number of nitrogens with zero attached hydrogens (tertiary/aromatic N) is 1. The van der Waals surface area contributed by atoms with Crippen molar-refractivity contribution in [3.63, 3.8) is 0 Å². The average molecular weight is 396 g/mol. The van der Waals surface area contributed by atoms with Crippen LogP contribution in [-0.4, -0.2) is 25.5 Å². The highest BCUT2D eigenvalue weighted by atomic mass is 16.5. The highest BCUT2D eigenvalue weighted by molar-refractivity contribution is 6.06. The number of methoxy groups -OCH3 is 1. The number of carbonyl (C=O) groups is 2. The number of carbonyl (C=O) groups excluding carboxylic acids is 2. The molecule has 0 bridgehead atoms. The monoisotopic (exact) mass is 396 g/mol. The zero-order valence-electron chi connectivity index (χ0n) is 17.4. The highest BCUT2D eigenvalue weighted by Gasteiger charge is 2.37. The van der Waals surface area contributed by atoms with Crippen molar-refractivity contribution in [3.05, 3.63) is 53.6 Å². The van der Waals surface area contributed by atoms with E-state index in [1.807, 2.05) is 42.5 Å². The van der Waals surface area contributed by atoms with E-state index in [1.165, 1.54) is 6.92 Å². The lowest BCUT2D eigenvalue weighted by Gasteiger charge is -2.19. The topological polar surface area (TPSA) is 67.9 Å². The first-order chi connectivity index (χ1) is 13.9. The van der Waals surface area contributed by atoms with Gasteiger partial charge in [-0.3, -0.25) is 9.59 Å². The Kier molecular flexibility index (Phi) is 6.42. The summed E-state index contributed by atoms with van der Waals surface area (Å²) in [6.07, 6.45) is 0.967. The van der Waals surface area contributed by atoms with Gasteiger partial charge in [0, 0.05) is 18.2 Å². The molecule has 1 atom stereocenters. The summed E-state index contributed by atoms with van der Waals surface area (Å²) in [5.41, 5.74) is 2.55. The fourth-order valence-electron chi connectivity index (χ4n) is 3.41.